The molecule has 0 unspecified atom stereocenters. The standard InChI is InChI=1S/C24H19ClN4OS/c25-19-8-2-5-11-22(19)30-14-13-29-16-17(18-7-1-4-10-21(18)29)15-26-28-24-27-20-9-3-6-12-23(20)31-24/h1-12,15-16H,13-14H2,(H,27,28)/b26-15-. The fourth-order valence-electron chi connectivity index (χ4n) is 3.46. The highest BCUT2D eigenvalue weighted by Gasteiger charge is 2.08. The van der Waals surface area contributed by atoms with E-state index in [9.17, 15) is 0 Å². The summed E-state index contributed by atoms with van der Waals surface area (Å²) in [4.78, 5) is 4.55. The number of aromatic nitrogens is 2. The minimum Gasteiger partial charge on any atom is -0.490 e. The van der Waals surface area contributed by atoms with Crippen LogP contribution >= 0.6 is 22.9 Å². The van der Waals surface area contributed by atoms with E-state index in [2.05, 4.69) is 44.5 Å². The number of hydrogen-bond acceptors (Lipinski definition) is 5. The number of ether oxygens (including phenoxy) is 1. The Kier molecular flexibility index (Phi) is 5.56. The molecule has 5 aromatic rings. The minimum atomic E-state index is 0.517. The van der Waals surface area contributed by atoms with E-state index >= 15 is 0 Å². The molecule has 7 heteroatoms. The number of thiazole rings is 1. The maximum absolute atomic E-state index is 6.18. The van der Waals surface area contributed by atoms with E-state index in [0.717, 1.165) is 31.8 Å². The second-order valence-corrected chi connectivity index (χ2v) is 8.37. The van der Waals surface area contributed by atoms with Crippen molar-refractivity contribution in [3.8, 4) is 5.75 Å². The number of para-hydroxylation sites is 3. The number of nitrogens with zero attached hydrogens (tertiary/aromatic N) is 3. The summed E-state index contributed by atoms with van der Waals surface area (Å²) in [5.41, 5.74) is 6.19. The second-order valence-electron chi connectivity index (χ2n) is 6.93. The first kappa shape index (κ1) is 19.6. The predicted molar refractivity (Wildman–Crippen MR) is 130 cm³/mol. The quantitative estimate of drug-likeness (QED) is 0.231. The maximum atomic E-state index is 6.18. The third kappa shape index (κ3) is 4.26. The molecule has 0 aliphatic carbocycles. The third-order valence-electron chi connectivity index (χ3n) is 4.90. The zero-order valence-electron chi connectivity index (χ0n) is 16.5. The summed E-state index contributed by atoms with van der Waals surface area (Å²) in [5, 5.41) is 6.95. The van der Waals surface area contributed by atoms with Gasteiger partial charge in [-0.05, 0) is 30.3 Å². The maximum Gasteiger partial charge on any atom is 0.204 e. The van der Waals surface area contributed by atoms with Crippen molar-refractivity contribution >= 4 is 55.4 Å². The topological polar surface area (TPSA) is 51.4 Å². The van der Waals surface area contributed by atoms with Crippen molar-refractivity contribution < 1.29 is 4.74 Å². The molecule has 3 aromatic carbocycles. The Morgan fingerprint density at radius 3 is 2.74 bits per heavy atom. The number of anilines is 1. The monoisotopic (exact) mass is 446 g/mol. The summed E-state index contributed by atoms with van der Waals surface area (Å²) < 4.78 is 9.17. The van der Waals surface area contributed by atoms with Gasteiger partial charge in [-0.2, -0.15) is 5.10 Å². The lowest BCUT2D eigenvalue weighted by atomic mass is 10.2. The average molecular weight is 447 g/mol. The molecule has 0 saturated carbocycles. The van der Waals surface area contributed by atoms with Crippen LogP contribution in [0.4, 0.5) is 5.13 Å². The van der Waals surface area contributed by atoms with Crippen molar-refractivity contribution in [1.29, 1.82) is 0 Å². The molecule has 31 heavy (non-hydrogen) atoms. The van der Waals surface area contributed by atoms with Crippen LogP contribution in [0.25, 0.3) is 21.1 Å². The Bertz CT molecular complexity index is 1340. The van der Waals surface area contributed by atoms with Gasteiger partial charge in [0, 0.05) is 22.7 Å². The van der Waals surface area contributed by atoms with Gasteiger partial charge in [0.2, 0.25) is 5.13 Å². The van der Waals surface area contributed by atoms with Crippen LogP contribution in [-0.4, -0.2) is 22.4 Å². The Morgan fingerprint density at radius 1 is 1.03 bits per heavy atom. The van der Waals surface area contributed by atoms with Crippen LogP contribution in [0, 0.1) is 0 Å². The number of halogens is 1. The minimum absolute atomic E-state index is 0.517. The predicted octanol–water partition coefficient (Wildman–Crippen LogP) is 6.43. The zero-order chi connectivity index (χ0) is 21.0. The molecule has 0 saturated heterocycles. The number of fused-ring (bicyclic) bond motifs is 2. The van der Waals surface area contributed by atoms with E-state index in [1.54, 1.807) is 11.3 Å². The van der Waals surface area contributed by atoms with E-state index in [-0.39, 0.29) is 0 Å². The largest absolute Gasteiger partial charge is 0.490 e. The molecule has 2 heterocycles. The molecule has 5 rings (SSSR count). The highest BCUT2D eigenvalue weighted by atomic mass is 35.5. The molecular formula is C24H19ClN4OS. The van der Waals surface area contributed by atoms with Crippen LogP contribution < -0.4 is 10.2 Å². The lowest BCUT2D eigenvalue weighted by Gasteiger charge is -2.09. The van der Waals surface area contributed by atoms with Crippen LogP contribution in [0.15, 0.2) is 84.1 Å². The lowest BCUT2D eigenvalue weighted by Crippen LogP contribution is -2.07. The number of hydrazone groups is 1. The van der Waals surface area contributed by atoms with Gasteiger partial charge in [-0.25, -0.2) is 4.98 Å². The van der Waals surface area contributed by atoms with Gasteiger partial charge in [-0.15, -0.1) is 0 Å². The zero-order valence-corrected chi connectivity index (χ0v) is 18.1. The van der Waals surface area contributed by atoms with Gasteiger partial charge < -0.3 is 9.30 Å². The molecule has 0 aliphatic heterocycles. The van der Waals surface area contributed by atoms with Crippen molar-refractivity contribution in [2.24, 2.45) is 5.10 Å². The number of benzene rings is 3. The Balaban J connectivity index is 1.32. The van der Waals surface area contributed by atoms with E-state index < -0.39 is 0 Å². The van der Waals surface area contributed by atoms with Crippen LogP contribution in [0.1, 0.15) is 5.56 Å². The molecule has 0 bridgehead atoms. The number of hydrogen-bond donors (Lipinski definition) is 1. The van der Waals surface area contributed by atoms with Crippen LogP contribution in [0.3, 0.4) is 0 Å². The number of nitrogens with one attached hydrogen (secondary N) is 1. The molecule has 0 atom stereocenters. The highest BCUT2D eigenvalue weighted by molar-refractivity contribution is 7.22. The summed E-state index contributed by atoms with van der Waals surface area (Å²) in [6.07, 6.45) is 3.92. The summed E-state index contributed by atoms with van der Waals surface area (Å²) in [6.45, 7) is 1.22. The van der Waals surface area contributed by atoms with Gasteiger partial charge >= 0.3 is 0 Å². The van der Waals surface area contributed by atoms with E-state index in [1.165, 1.54) is 0 Å². The first-order chi connectivity index (χ1) is 15.3. The van der Waals surface area contributed by atoms with Crippen molar-refractivity contribution in [2.75, 3.05) is 12.0 Å². The van der Waals surface area contributed by atoms with Crippen LogP contribution in [0.5, 0.6) is 5.75 Å². The average Bonchev–Trinajstić information content (AvgIpc) is 3.36. The third-order valence-corrected chi connectivity index (χ3v) is 6.16. The second kappa shape index (κ2) is 8.79. The Labute approximate surface area is 188 Å². The molecule has 0 amide bonds. The van der Waals surface area contributed by atoms with Gasteiger partial charge in [-0.1, -0.05) is 65.4 Å². The lowest BCUT2D eigenvalue weighted by molar-refractivity contribution is 0.300. The Hall–Kier alpha value is -3.35. The van der Waals surface area contributed by atoms with Gasteiger partial charge in [0.05, 0.1) is 28.0 Å². The van der Waals surface area contributed by atoms with Gasteiger partial charge in [0.1, 0.15) is 12.4 Å². The molecule has 2 aromatic heterocycles. The summed E-state index contributed by atoms with van der Waals surface area (Å²) in [7, 11) is 0. The molecule has 0 aliphatic rings. The van der Waals surface area contributed by atoms with Crippen molar-refractivity contribution in [1.82, 2.24) is 9.55 Å². The summed E-state index contributed by atoms with van der Waals surface area (Å²) in [5.74, 6) is 0.697. The van der Waals surface area contributed by atoms with Gasteiger partial charge in [0.15, 0.2) is 0 Å². The normalized spacial score (nSPS) is 11.5. The fraction of sp³-hybridized carbons (Fsp3) is 0.0833. The summed E-state index contributed by atoms with van der Waals surface area (Å²) >= 11 is 7.76. The van der Waals surface area contributed by atoms with Crippen LogP contribution in [-0.2, 0) is 6.54 Å². The van der Waals surface area contributed by atoms with E-state index in [1.807, 2.05) is 60.8 Å². The van der Waals surface area contributed by atoms with Gasteiger partial charge in [-0.3, -0.25) is 5.43 Å². The molecule has 5 nitrogen and oxygen atoms in total. The van der Waals surface area contributed by atoms with E-state index in [4.69, 9.17) is 16.3 Å². The SMILES string of the molecule is Clc1ccccc1OCCn1cc(/C=N\Nc2nc3ccccc3s2)c2ccccc21. The van der Waals surface area contributed by atoms with Crippen molar-refractivity contribution in [2.45, 2.75) is 6.54 Å². The van der Waals surface area contributed by atoms with Gasteiger partial charge in [0.25, 0.3) is 0 Å². The first-order valence-corrected chi connectivity index (χ1v) is 11.1. The summed E-state index contributed by atoms with van der Waals surface area (Å²) in [6, 6.07) is 23.8. The molecule has 0 radical (unpaired) electrons. The van der Waals surface area contributed by atoms with Crippen molar-refractivity contribution in [3.05, 3.63) is 89.6 Å². The fourth-order valence-corrected chi connectivity index (χ4v) is 4.46. The molecular weight excluding hydrogens is 428 g/mol. The Morgan fingerprint density at radius 2 is 1.84 bits per heavy atom. The molecule has 1 N–H and O–H groups in total. The highest BCUT2D eigenvalue weighted by Crippen LogP contribution is 2.26. The number of rotatable bonds is 7. The smallest absolute Gasteiger partial charge is 0.204 e. The molecule has 154 valence electrons. The first-order valence-electron chi connectivity index (χ1n) is 9.88. The van der Waals surface area contributed by atoms with Crippen LogP contribution in [0.2, 0.25) is 5.02 Å². The van der Waals surface area contributed by atoms with E-state index in [0.29, 0.717) is 23.9 Å². The molecule has 0 fully saturated rings. The van der Waals surface area contributed by atoms with Crippen molar-refractivity contribution in [3.63, 3.8) is 0 Å². The molecule has 0 spiro atoms.